The molecule has 0 aliphatic rings. The molecule has 0 fully saturated rings. The Hall–Kier alpha value is -2.03. The van der Waals surface area contributed by atoms with Gasteiger partial charge in [0.25, 0.3) is 0 Å². The van der Waals surface area contributed by atoms with Crippen molar-refractivity contribution in [3.05, 3.63) is 42.9 Å². The van der Waals surface area contributed by atoms with Gasteiger partial charge in [0.15, 0.2) is 12.0 Å². The number of oxazole rings is 1. The molecule has 3 aromatic rings. The van der Waals surface area contributed by atoms with Gasteiger partial charge in [-0.1, -0.05) is 6.07 Å². The van der Waals surface area contributed by atoms with E-state index in [2.05, 4.69) is 9.97 Å². The van der Waals surface area contributed by atoms with Crippen molar-refractivity contribution in [1.82, 2.24) is 9.97 Å². The molecule has 0 spiro atoms. The standard InChI is InChI=1S/C11H8N2O/c1-2-9(12-5-1)8-3-4-10-11(6-8)14-7-13-10/h1-7,12H. The summed E-state index contributed by atoms with van der Waals surface area (Å²) in [5.74, 6) is 0. The average molecular weight is 184 g/mol. The van der Waals surface area contributed by atoms with Gasteiger partial charge in [0.05, 0.1) is 0 Å². The molecule has 1 aromatic carbocycles. The van der Waals surface area contributed by atoms with E-state index >= 15 is 0 Å². The zero-order valence-corrected chi connectivity index (χ0v) is 7.40. The molecule has 0 radical (unpaired) electrons. The highest BCUT2D eigenvalue weighted by Gasteiger charge is 2.02. The molecule has 3 rings (SSSR count). The van der Waals surface area contributed by atoms with Crippen LogP contribution < -0.4 is 0 Å². The Morgan fingerprint density at radius 2 is 2.21 bits per heavy atom. The minimum Gasteiger partial charge on any atom is -0.443 e. The van der Waals surface area contributed by atoms with Crippen LogP contribution in [0.2, 0.25) is 0 Å². The lowest BCUT2D eigenvalue weighted by Crippen LogP contribution is -1.76. The molecule has 3 nitrogen and oxygen atoms in total. The third-order valence-corrected chi connectivity index (χ3v) is 2.24. The van der Waals surface area contributed by atoms with Crippen molar-refractivity contribution in [1.29, 1.82) is 0 Å². The fraction of sp³-hybridized carbons (Fsp3) is 0. The molecule has 0 aliphatic heterocycles. The SMILES string of the molecule is c1c[nH]c(-c2ccc3ncoc3c2)c1. The van der Waals surface area contributed by atoms with Crippen molar-refractivity contribution < 1.29 is 4.42 Å². The molecule has 0 saturated carbocycles. The highest BCUT2D eigenvalue weighted by atomic mass is 16.3. The third-order valence-electron chi connectivity index (χ3n) is 2.24. The van der Waals surface area contributed by atoms with E-state index in [1.54, 1.807) is 0 Å². The second-order valence-corrected chi connectivity index (χ2v) is 3.12. The normalized spacial score (nSPS) is 10.9. The van der Waals surface area contributed by atoms with Crippen molar-refractivity contribution in [2.24, 2.45) is 0 Å². The molecular weight excluding hydrogens is 176 g/mol. The Bertz CT molecular complexity index is 551. The Morgan fingerprint density at radius 1 is 1.21 bits per heavy atom. The van der Waals surface area contributed by atoms with Gasteiger partial charge in [-0.2, -0.15) is 0 Å². The first kappa shape index (κ1) is 7.38. The van der Waals surface area contributed by atoms with Gasteiger partial charge in [0.1, 0.15) is 5.52 Å². The number of fused-ring (bicyclic) bond motifs is 1. The van der Waals surface area contributed by atoms with E-state index in [4.69, 9.17) is 4.42 Å². The van der Waals surface area contributed by atoms with Crippen LogP contribution in [0.1, 0.15) is 0 Å². The maximum Gasteiger partial charge on any atom is 0.181 e. The van der Waals surface area contributed by atoms with Gasteiger partial charge in [-0.25, -0.2) is 4.98 Å². The van der Waals surface area contributed by atoms with Crippen molar-refractivity contribution in [3.63, 3.8) is 0 Å². The maximum absolute atomic E-state index is 5.23. The summed E-state index contributed by atoms with van der Waals surface area (Å²) in [6, 6.07) is 9.96. The monoisotopic (exact) mass is 184 g/mol. The molecule has 2 aromatic heterocycles. The van der Waals surface area contributed by atoms with Crippen LogP contribution in [-0.4, -0.2) is 9.97 Å². The van der Waals surface area contributed by atoms with Crippen molar-refractivity contribution in [2.45, 2.75) is 0 Å². The van der Waals surface area contributed by atoms with Crippen LogP contribution in [0.3, 0.4) is 0 Å². The minimum atomic E-state index is 0.817. The zero-order chi connectivity index (χ0) is 9.38. The van der Waals surface area contributed by atoms with Gasteiger partial charge in [0.2, 0.25) is 0 Å². The molecule has 0 bridgehead atoms. The Balaban J connectivity index is 2.23. The smallest absolute Gasteiger partial charge is 0.181 e. The summed E-state index contributed by atoms with van der Waals surface area (Å²) >= 11 is 0. The summed E-state index contributed by atoms with van der Waals surface area (Å²) in [6.45, 7) is 0. The first-order chi connectivity index (χ1) is 6.93. The highest BCUT2D eigenvalue weighted by molar-refractivity contribution is 5.78. The number of nitrogens with zero attached hydrogens (tertiary/aromatic N) is 1. The van der Waals surface area contributed by atoms with Crippen LogP contribution >= 0.6 is 0 Å². The zero-order valence-electron chi connectivity index (χ0n) is 7.40. The minimum absolute atomic E-state index is 0.817. The number of hydrogen-bond acceptors (Lipinski definition) is 2. The summed E-state index contributed by atoms with van der Waals surface area (Å²) in [4.78, 5) is 7.21. The van der Waals surface area contributed by atoms with E-state index < -0.39 is 0 Å². The lowest BCUT2D eigenvalue weighted by atomic mass is 10.1. The number of nitrogens with one attached hydrogen (secondary N) is 1. The van der Waals surface area contributed by atoms with E-state index in [0.717, 1.165) is 22.4 Å². The number of H-pyrrole nitrogens is 1. The van der Waals surface area contributed by atoms with Crippen molar-refractivity contribution in [2.75, 3.05) is 0 Å². The van der Waals surface area contributed by atoms with Crippen LogP contribution in [-0.2, 0) is 0 Å². The van der Waals surface area contributed by atoms with Gasteiger partial charge in [-0.05, 0) is 24.3 Å². The summed E-state index contributed by atoms with van der Waals surface area (Å²) in [6.07, 6.45) is 3.36. The lowest BCUT2D eigenvalue weighted by Gasteiger charge is -1.96. The fourth-order valence-corrected chi connectivity index (χ4v) is 1.53. The van der Waals surface area contributed by atoms with Crippen LogP contribution in [0.15, 0.2) is 47.3 Å². The number of aromatic amines is 1. The summed E-state index contributed by atoms with van der Waals surface area (Å²) in [5.41, 5.74) is 3.90. The first-order valence-corrected chi connectivity index (χ1v) is 4.40. The van der Waals surface area contributed by atoms with E-state index in [1.807, 2.05) is 36.5 Å². The van der Waals surface area contributed by atoms with E-state index in [9.17, 15) is 0 Å². The van der Waals surface area contributed by atoms with Crippen molar-refractivity contribution in [3.8, 4) is 11.3 Å². The first-order valence-electron chi connectivity index (χ1n) is 4.40. The second-order valence-electron chi connectivity index (χ2n) is 3.12. The quantitative estimate of drug-likeness (QED) is 0.631. The molecule has 0 aliphatic carbocycles. The van der Waals surface area contributed by atoms with Crippen molar-refractivity contribution >= 4 is 11.1 Å². The molecule has 14 heavy (non-hydrogen) atoms. The number of hydrogen-bond donors (Lipinski definition) is 1. The van der Waals surface area contributed by atoms with Gasteiger partial charge in [0, 0.05) is 17.5 Å². The summed E-state index contributed by atoms with van der Waals surface area (Å²) < 4.78 is 5.23. The van der Waals surface area contributed by atoms with Gasteiger partial charge in [-0.3, -0.25) is 0 Å². The average Bonchev–Trinajstić information content (AvgIpc) is 2.88. The van der Waals surface area contributed by atoms with E-state index in [-0.39, 0.29) is 0 Å². The Kier molecular flexibility index (Phi) is 1.44. The van der Waals surface area contributed by atoms with Crippen LogP contribution in [0, 0.1) is 0 Å². The molecule has 68 valence electrons. The Morgan fingerprint density at radius 3 is 3.07 bits per heavy atom. The third kappa shape index (κ3) is 1.03. The second kappa shape index (κ2) is 2.73. The van der Waals surface area contributed by atoms with E-state index in [1.165, 1.54) is 6.39 Å². The predicted octanol–water partition coefficient (Wildman–Crippen LogP) is 2.82. The van der Waals surface area contributed by atoms with Crippen LogP contribution in [0.4, 0.5) is 0 Å². The Labute approximate surface area is 80.4 Å². The molecule has 1 N–H and O–H groups in total. The van der Waals surface area contributed by atoms with Gasteiger partial charge < -0.3 is 9.40 Å². The number of aromatic nitrogens is 2. The lowest BCUT2D eigenvalue weighted by molar-refractivity contribution is 0.602. The summed E-state index contributed by atoms with van der Waals surface area (Å²) in [7, 11) is 0. The van der Waals surface area contributed by atoms with Crippen LogP contribution in [0.25, 0.3) is 22.4 Å². The largest absolute Gasteiger partial charge is 0.443 e. The topological polar surface area (TPSA) is 41.8 Å². The molecule has 2 heterocycles. The molecule has 0 amide bonds. The maximum atomic E-state index is 5.23. The van der Waals surface area contributed by atoms with Gasteiger partial charge >= 0.3 is 0 Å². The molecule has 3 heteroatoms. The number of benzene rings is 1. The van der Waals surface area contributed by atoms with Crippen LogP contribution in [0.5, 0.6) is 0 Å². The van der Waals surface area contributed by atoms with Gasteiger partial charge in [-0.15, -0.1) is 0 Å². The molecule has 0 atom stereocenters. The number of rotatable bonds is 1. The summed E-state index contributed by atoms with van der Waals surface area (Å²) in [5, 5.41) is 0. The highest BCUT2D eigenvalue weighted by Crippen LogP contribution is 2.22. The fourth-order valence-electron chi connectivity index (χ4n) is 1.53. The predicted molar refractivity (Wildman–Crippen MR) is 53.8 cm³/mol. The molecule has 0 saturated heterocycles. The van der Waals surface area contributed by atoms with E-state index in [0.29, 0.717) is 0 Å². The molecule has 0 unspecified atom stereocenters. The molecular formula is C11H8N2O.